The summed E-state index contributed by atoms with van der Waals surface area (Å²) in [5.41, 5.74) is -1.82. The molecule has 0 unspecified atom stereocenters. The number of amides is 1. The summed E-state index contributed by atoms with van der Waals surface area (Å²) < 4.78 is 42.3. The van der Waals surface area contributed by atoms with E-state index in [1.807, 2.05) is 0 Å². The first-order valence-corrected chi connectivity index (χ1v) is 13.2. The Labute approximate surface area is 231 Å². The Kier molecular flexibility index (Phi) is 6.57. The van der Waals surface area contributed by atoms with Crippen LogP contribution >= 0.6 is 0 Å². The third kappa shape index (κ3) is 4.95. The van der Waals surface area contributed by atoms with Gasteiger partial charge in [-0.3, -0.25) is 9.69 Å². The number of pyridine rings is 1. The molecule has 2 atom stereocenters. The van der Waals surface area contributed by atoms with Crippen LogP contribution in [0.1, 0.15) is 35.7 Å². The molecule has 1 amide bonds. The summed E-state index contributed by atoms with van der Waals surface area (Å²) >= 11 is 0. The number of aliphatic hydroxyl groups is 2. The molecule has 0 radical (unpaired) electrons. The van der Waals surface area contributed by atoms with Gasteiger partial charge in [0.05, 0.1) is 36.6 Å². The van der Waals surface area contributed by atoms with Crippen molar-refractivity contribution < 1.29 is 43.2 Å². The van der Waals surface area contributed by atoms with Gasteiger partial charge in [-0.25, -0.2) is 18.4 Å². The van der Waals surface area contributed by atoms with E-state index in [0.717, 1.165) is 25.0 Å². The Morgan fingerprint density at radius 1 is 1.15 bits per heavy atom. The summed E-state index contributed by atoms with van der Waals surface area (Å²) in [6, 6.07) is 6.46. The third-order valence-electron chi connectivity index (χ3n) is 7.75. The first-order valence-electron chi connectivity index (χ1n) is 13.2. The van der Waals surface area contributed by atoms with Gasteiger partial charge in [0.1, 0.15) is 29.7 Å². The third-order valence-corrected chi connectivity index (χ3v) is 7.75. The standard InChI is InChI=1S/C28H27F2N3O8/c29-20-8-18-22(32(15-1-2-15)11-19(25(18)35)26(36)37)9-23(20)31-6-5-28(39,13-31)14-40-24-4-3-16(7-21(24)30)33-10-17(12-34)41-27(33)38/h3-4,7-9,11,15,17,34,39H,1-2,5-6,10,12-14H2,(H,36,37)/t17-,28+/m1/s1. The lowest BCUT2D eigenvalue weighted by Gasteiger charge is -2.25. The number of rotatable bonds is 8. The van der Waals surface area contributed by atoms with Crippen LogP contribution < -0.4 is 20.0 Å². The molecule has 3 aromatic rings. The molecule has 216 valence electrons. The first-order chi connectivity index (χ1) is 19.6. The van der Waals surface area contributed by atoms with Crippen molar-refractivity contribution in [1.29, 1.82) is 0 Å². The Balaban J connectivity index is 1.19. The van der Waals surface area contributed by atoms with Crippen molar-refractivity contribution in [2.24, 2.45) is 0 Å². The summed E-state index contributed by atoms with van der Waals surface area (Å²) in [6.45, 7) is -0.336. The normalized spacial score (nSPS) is 22.4. The van der Waals surface area contributed by atoms with Gasteiger partial charge >= 0.3 is 12.1 Å². The lowest BCUT2D eigenvalue weighted by atomic mass is 10.1. The summed E-state index contributed by atoms with van der Waals surface area (Å²) in [7, 11) is 0. The SMILES string of the molecule is O=C(O)c1cn(C2CC2)c2cc(N3CC[C@@](O)(COc4ccc(N5C[C@H](CO)OC5=O)cc4F)C3)c(F)cc2c1=O. The zero-order valence-corrected chi connectivity index (χ0v) is 21.8. The van der Waals surface area contributed by atoms with Crippen LogP contribution in [0, 0.1) is 11.6 Å². The number of carbonyl (C=O) groups excluding carboxylic acids is 1. The smallest absolute Gasteiger partial charge is 0.414 e. The number of carbonyl (C=O) groups is 2. The molecule has 6 rings (SSSR count). The molecule has 11 nitrogen and oxygen atoms in total. The van der Waals surface area contributed by atoms with Gasteiger partial charge in [-0.05, 0) is 43.5 Å². The predicted octanol–water partition coefficient (Wildman–Crippen LogP) is 2.65. The fraction of sp³-hybridized carbons (Fsp3) is 0.393. The van der Waals surface area contributed by atoms with Crippen LogP contribution in [-0.2, 0) is 4.74 Å². The topological polar surface area (TPSA) is 142 Å². The molecule has 13 heteroatoms. The maximum Gasteiger partial charge on any atom is 0.414 e. The van der Waals surface area contributed by atoms with Gasteiger partial charge in [-0.2, -0.15) is 0 Å². The number of nitrogens with zero attached hydrogens (tertiary/aromatic N) is 3. The summed E-state index contributed by atoms with van der Waals surface area (Å²) in [6.07, 6.45) is 1.73. The minimum Gasteiger partial charge on any atom is -0.487 e. The summed E-state index contributed by atoms with van der Waals surface area (Å²) in [5.74, 6) is -3.01. The molecule has 3 N–H and O–H groups in total. The number of cyclic esters (lactones) is 1. The lowest BCUT2D eigenvalue weighted by molar-refractivity contribution is 0.0133. The van der Waals surface area contributed by atoms with Crippen LogP contribution in [0.5, 0.6) is 5.75 Å². The second-order valence-corrected chi connectivity index (χ2v) is 10.7. The van der Waals surface area contributed by atoms with E-state index in [1.165, 1.54) is 29.3 Å². The average Bonchev–Trinajstić information content (AvgIpc) is 3.60. The molecule has 41 heavy (non-hydrogen) atoms. The van der Waals surface area contributed by atoms with Gasteiger partial charge in [-0.15, -0.1) is 0 Å². The van der Waals surface area contributed by atoms with Crippen LogP contribution in [-0.4, -0.2) is 76.5 Å². The number of benzene rings is 2. The Bertz CT molecular complexity index is 1620. The fourth-order valence-electron chi connectivity index (χ4n) is 5.40. The number of hydrogen-bond donors (Lipinski definition) is 3. The van der Waals surface area contributed by atoms with Crippen molar-refractivity contribution >= 4 is 34.3 Å². The van der Waals surface area contributed by atoms with E-state index < -0.39 is 46.4 Å². The number of aliphatic hydroxyl groups excluding tert-OH is 1. The zero-order chi connectivity index (χ0) is 29.1. The van der Waals surface area contributed by atoms with Crippen LogP contribution in [0.3, 0.4) is 0 Å². The van der Waals surface area contributed by atoms with Crippen LogP contribution in [0.2, 0.25) is 0 Å². The minimum absolute atomic E-state index is 0.0203. The molecule has 3 aliphatic rings. The zero-order valence-electron chi connectivity index (χ0n) is 21.8. The molecule has 0 bridgehead atoms. The van der Waals surface area contributed by atoms with Crippen molar-refractivity contribution in [3.8, 4) is 5.75 Å². The van der Waals surface area contributed by atoms with Crippen molar-refractivity contribution in [2.75, 3.05) is 42.6 Å². The molecular weight excluding hydrogens is 544 g/mol. The second kappa shape index (κ2) is 10.00. The average molecular weight is 572 g/mol. The highest BCUT2D eigenvalue weighted by Gasteiger charge is 2.39. The van der Waals surface area contributed by atoms with Gasteiger partial charge in [0.15, 0.2) is 11.6 Å². The van der Waals surface area contributed by atoms with E-state index in [-0.39, 0.29) is 67.8 Å². The van der Waals surface area contributed by atoms with Gasteiger partial charge < -0.3 is 34.3 Å². The van der Waals surface area contributed by atoms with E-state index in [4.69, 9.17) is 9.47 Å². The maximum absolute atomic E-state index is 15.3. The second-order valence-electron chi connectivity index (χ2n) is 10.7. The lowest BCUT2D eigenvalue weighted by Crippen LogP contribution is -2.39. The highest BCUT2D eigenvalue weighted by atomic mass is 19.1. The molecular formula is C28H27F2N3O8. The van der Waals surface area contributed by atoms with Crippen LogP contribution in [0.4, 0.5) is 25.0 Å². The van der Waals surface area contributed by atoms with Crippen LogP contribution in [0.25, 0.3) is 10.9 Å². The molecule has 1 aliphatic carbocycles. The monoisotopic (exact) mass is 571 g/mol. The Morgan fingerprint density at radius 2 is 1.93 bits per heavy atom. The highest BCUT2D eigenvalue weighted by Crippen LogP contribution is 2.39. The number of anilines is 2. The molecule has 3 heterocycles. The van der Waals surface area contributed by atoms with E-state index >= 15 is 4.39 Å². The van der Waals surface area contributed by atoms with Gasteiger partial charge in [-0.1, -0.05) is 0 Å². The van der Waals surface area contributed by atoms with Crippen molar-refractivity contribution in [3.05, 3.63) is 63.9 Å². The molecule has 1 saturated carbocycles. The molecule has 2 saturated heterocycles. The molecule has 2 aromatic carbocycles. The number of aromatic nitrogens is 1. The number of fused-ring (bicyclic) bond motifs is 1. The van der Waals surface area contributed by atoms with Crippen molar-refractivity contribution in [3.63, 3.8) is 0 Å². The van der Waals surface area contributed by atoms with E-state index in [1.54, 1.807) is 9.47 Å². The maximum atomic E-state index is 15.3. The quantitative estimate of drug-likeness (QED) is 0.372. The Hall–Kier alpha value is -4.23. The van der Waals surface area contributed by atoms with Crippen molar-refractivity contribution in [2.45, 2.75) is 37.0 Å². The summed E-state index contributed by atoms with van der Waals surface area (Å²) in [4.78, 5) is 39.1. The predicted molar refractivity (Wildman–Crippen MR) is 142 cm³/mol. The fourth-order valence-corrected chi connectivity index (χ4v) is 5.40. The number of aromatic carboxylic acids is 1. The molecule has 2 aliphatic heterocycles. The molecule has 0 spiro atoms. The number of carboxylic acid groups (broad SMARTS) is 1. The number of halogens is 2. The molecule has 3 fully saturated rings. The number of β-amino-alcohol motifs (C(OH)–C–C–N with tert-alkyl or cyclic N) is 1. The van der Waals surface area contributed by atoms with Gasteiger partial charge in [0.2, 0.25) is 5.43 Å². The Morgan fingerprint density at radius 3 is 2.59 bits per heavy atom. The van der Waals surface area contributed by atoms with Crippen LogP contribution in [0.15, 0.2) is 41.3 Å². The highest BCUT2D eigenvalue weighted by molar-refractivity contribution is 5.93. The van der Waals surface area contributed by atoms with E-state index in [0.29, 0.717) is 5.52 Å². The summed E-state index contributed by atoms with van der Waals surface area (Å²) in [5, 5.41) is 29.8. The van der Waals surface area contributed by atoms with E-state index in [2.05, 4.69) is 0 Å². The van der Waals surface area contributed by atoms with Crippen molar-refractivity contribution in [1.82, 2.24) is 4.57 Å². The largest absolute Gasteiger partial charge is 0.487 e. The number of hydrogen-bond acceptors (Lipinski definition) is 8. The number of carboxylic acids is 1. The van der Waals surface area contributed by atoms with Gasteiger partial charge in [0.25, 0.3) is 0 Å². The molecule has 1 aromatic heterocycles. The number of ether oxygens (including phenoxy) is 2. The van der Waals surface area contributed by atoms with Gasteiger partial charge in [0, 0.05) is 30.2 Å². The minimum atomic E-state index is -1.44. The van der Waals surface area contributed by atoms with E-state index in [9.17, 15) is 34.1 Å². The first kappa shape index (κ1) is 27.0.